The van der Waals surface area contributed by atoms with Crippen molar-refractivity contribution in [2.45, 2.75) is 11.8 Å². The van der Waals surface area contributed by atoms with Gasteiger partial charge in [0.2, 0.25) is 0 Å². The van der Waals surface area contributed by atoms with Gasteiger partial charge >= 0.3 is 0 Å². The van der Waals surface area contributed by atoms with E-state index in [1.54, 1.807) is 18.2 Å². The number of amides is 1. The quantitative estimate of drug-likeness (QED) is 0.622. The zero-order chi connectivity index (χ0) is 20.3. The van der Waals surface area contributed by atoms with E-state index in [1.807, 2.05) is 13.0 Å². The second-order valence-corrected chi connectivity index (χ2v) is 8.14. The second-order valence-electron chi connectivity index (χ2n) is 6.08. The van der Waals surface area contributed by atoms with Crippen LogP contribution < -0.4 is 10.0 Å². The van der Waals surface area contributed by atoms with E-state index >= 15 is 0 Å². The van der Waals surface area contributed by atoms with Crippen LogP contribution in [0.5, 0.6) is 0 Å². The molecular weight excluding hydrogens is 403 g/mol. The second kappa shape index (κ2) is 8.00. The molecule has 0 atom stereocenters. The average molecular weight is 419 g/mol. The summed E-state index contributed by atoms with van der Waals surface area (Å²) >= 11 is 6.05. The van der Waals surface area contributed by atoms with Crippen molar-refractivity contribution in [2.75, 3.05) is 10.0 Å². The number of carbonyl (C=O) groups is 1. The van der Waals surface area contributed by atoms with Crippen LogP contribution in [-0.4, -0.2) is 14.3 Å². The third kappa shape index (κ3) is 4.68. The first-order chi connectivity index (χ1) is 13.2. The van der Waals surface area contributed by atoms with E-state index in [2.05, 4.69) is 10.0 Å². The maximum Gasteiger partial charge on any atom is 0.263 e. The number of rotatable bonds is 5. The first-order valence-corrected chi connectivity index (χ1v) is 10.1. The minimum atomic E-state index is -4.08. The number of anilines is 2. The Balaban J connectivity index is 1.87. The van der Waals surface area contributed by atoms with Crippen LogP contribution in [0, 0.1) is 12.7 Å². The summed E-state index contributed by atoms with van der Waals surface area (Å²) in [5, 5.41) is 2.67. The van der Waals surface area contributed by atoms with E-state index < -0.39 is 21.7 Å². The number of sulfonamides is 1. The standard InChI is InChI=1S/C20H16ClFN2O3S/c1-13-3-2-4-17(11-13)23-20(25)14-5-10-18(21)19(12-14)28(26,27)24-16-8-6-15(22)7-9-16/h2-12,24H,1H3,(H,23,25). The third-order valence-corrected chi connectivity index (χ3v) is 5.72. The fraction of sp³-hybridized carbons (Fsp3) is 0.0500. The minimum absolute atomic E-state index is 0.0401. The summed E-state index contributed by atoms with van der Waals surface area (Å²) in [5.74, 6) is -0.962. The van der Waals surface area contributed by atoms with Gasteiger partial charge in [-0.15, -0.1) is 0 Å². The first-order valence-electron chi connectivity index (χ1n) is 8.20. The van der Waals surface area contributed by atoms with Gasteiger partial charge in [-0.1, -0.05) is 23.7 Å². The molecule has 1 amide bonds. The van der Waals surface area contributed by atoms with Crippen molar-refractivity contribution in [3.8, 4) is 0 Å². The first kappa shape index (κ1) is 19.9. The highest BCUT2D eigenvalue weighted by Gasteiger charge is 2.20. The molecular formula is C20H16ClFN2O3S. The summed E-state index contributed by atoms with van der Waals surface area (Å²) in [5.41, 5.74) is 1.87. The van der Waals surface area contributed by atoms with Gasteiger partial charge in [0.25, 0.3) is 15.9 Å². The Kier molecular flexibility index (Phi) is 5.67. The molecule has 0 aliphatic carbocycles. The van der Waals surface area contributed by atoms with Crippen molar-refractivity contribution in [1.82, 2.24) is 0 Å². The molecule has 3 aromatic rings. The molecule has 0 saturated heterocycles. The van der Waals surface area contributed by atoms with Crippen LogP contribution in [0.4, 0.5) is 15.8 Å². The van der Waals surface area contributed by atoms with Gasteiger partial charge in [0.05, 0.1) is 5.02 Å². The molecule has 2 N–H and O–H groups in total. The van der Waals surface area contributed by atoms with Crippen LogP contribution in [0.3, 0.4) is 0 Å². The van der Waals surface area contributed by atoms with Crippen molar-refractivity contribution in [2.24, 2.45) is 0 Å². The smallest absolute Gasteiger partial charge is 0.263 e. The van der Waals surface area contributed by atoms with Crippen LogP contribution >= 0.6 is 11.6 Å². The Morgan fingerprint density at radius 3 is 2.36 bits per heavy atom. The SMILES string of the molecule is Cc1cccc(NC(=O)c2ccc(Cl)c(S(=O)(=O)Nc3ccc(F)cc3)c2)c1. The van der Waals surface area contributed by atoms with Gasteiger partial charge < -0.3 is 5.32 Å². The van der Waals surface area contributed by atoms with Crippen molar-refractivity contribution in [3.05, 3.63) is 88.7 Å². The fourth-order valence-corrected chi connectivity index (χ4v) is 4.09. The third-order valence-electron chi connectivity index (χ3n) is 3.86. The van der Waals surface area contributed by atoms with E-state index in [0.717, 1.165) is 17.7 Å². The highest BCUT2D eigenvalue weighted by molar-refractivity contribution is 7.92. The number of benzene rings is 3. The minimum Gasteiger partial charge on any atom is -0.322 e. The normalized spacial score (nSPS) is 11.1. The van der Waals surface area contributed by atoms with E-state index in [0.29, 0.717) is 5.69 Å². The monoisotopic (exact) mass is 418 g/mol. The summed E-state index contributed by atoms with van der Waals surface area (Å²) in [4.78, 5) is 12.2. The Bertz CT molecular complexity index is 1130. The summed E-state index contributed by atoms with van der Waals surface area (Å²) in [6, 6.07) is 16.0. The molecule has 0 radical (unpaired) electrons. The summed E-state index contributed by atoms with van der Waals surface area (Å²) in [7, 11) is -4.08. The molecule has 144 valence electrons. The van der Waals surface area contributed by atoms with Crippen molar-refractivity contribution in [3.63, 3.8) is 0 Å². The van der Waals surface area contributed by atoms with E-state index in [-0.39, 0.29) is 21.2 Å². The molecule has 0 saturated carbocycles. The van der Waals surface area contributed by atoms with Gasteiger partial charge in [-0.25, -0.2) is 12.8 Å². The average Bonchev–Trinajstić information content (AvgIpc) is 2.63. The lowest BCUT2D eigenvalue weighted by atomic mass is 10.2. The summed E-state index contributed by atoms with van der Waals surface area (Å²) in [6.45, 7) is 1.89. The Morgan fingerprint density at radius 2 is 1.68 bits per heavy atom. The summed E-state index contributed by atoms with van der Waals surface area (Å²) < 4.78 is 40.7. The highest BCUT2D eigenvalue weighted by Crippen LogP contribution is 2.26. The van der Waals surface area contributed by atoms with Crippen LogP contribution in [0.2, 0.25) is 5.02 Å². The molecule has 0 spiro atoms. The Hall–Kier alpha value is -2.90. The zero-order valence-corrected chi connectivity index (χ0v) is 16.3. The molecule has 5 nitrogen and oxygen atoms in total. The lowest BCUT2D eigenvalue weighted by Gasteiger charge is -2.12. The highest BCUT2D eigenvalue weighted by atomic mass is 35.5. The predicted molar refractivity (Wildman–Crippen MR) is 108 cm³/mol. The number of nitrogens with one attached hydrogen (secondary N) is 2. The summed E-state index contributed by atoms with van der Waals surface area (Å²) in [6.07, 6.45) is 0. The van der Waals surface area contributed by atoms with Crippen molar-refractivity contribution >= 4 is 38.9 Å². The van der Waals surface area contributed by atoms with Gasteiger partial charge in [-0.3, -0.25) is 9.52 Å². The van der Waals surface area contributed by atoms with E-state index in [1.165, 1.54) is 30.3 Å². The van der Waals surface area contributed by atoms with Crippen LogP contribution in [0.1, 0.15) is 15.9 Å². The fourth-order valence-electron chi connectivity index (χ4n) is 2.50. The van der Waals surface area contributed by atoms with E-state index in [9.17, 15) is 17.6 Å². The molecule has 8 heteroatoms. The van der Waals surface area contributed by atoms with Gasteiger partial charge in [-0.05, 0) is 67.1 Å². The maximum absolute atomic E-state index is 13.0. The Morgan fingerprint density at radius 1 is 0.964 bits per heavy atom. The molecule has 0 aliphatic heterocycles. The number of hydrogen-bond acceptors (Lipinski definition) is 3. The topological polar surface area (TPSA) is 75.3 Å². The molecule has 0 fully saturated rings. The molecule has 0 heterocycles. The lowest BCUT2D eigenvalue weighted by Crippen LogP contribution is -2.16. The van der Waals surface area contributed by atoms with Crippen LogP contribution in [0.15, 0.2) is 71.6 Å². The Labute approximate surface area is 167 Å². The van der Waals surface area contributed by atoms with Gasteiger partial charge in [0.15, 0.2) is 0 Å². The van der Waals surface area contributed by atoms with Gasteiger partial charge in [0.1, 0.15) is 10.7 Å². The molecule has 3 rings (SSSR count). The van der Waals surface area contributed by atoms with Crippen molar-refractivity contribution in [1.29, 1.82) is 0 Å². The van der Waals surface area contributed by atoms with Crippen molar-refractivity contribution < 1.29 is 17.6 Å². The molecule has 3 aromatic carbocycles. The molecule has 28 heavy (non-hydrogen) atoms. The molecule has 0 unspecified atom stereocenters. The predicted octanol–water partition coefficient (Wildman–Crippen LogP) is 4.84. The van der Waals surface area contributed by atoms with Crippen LogP contribution in [-0.2, 0) is 10.0 Å². The molecule has 0 bridgehead atoms. The molecule has 0 aliphatic rings. The number of aryl methyl sites for hydroxylation is 1. The maximum atomic E-state index is 13.0. The zero-order valence-electron chi connectivity index (χ0n) is 14.7. The lowest BCUT2D eigenvalue weighted by molar-refractivity contribution is 0.102. The van der Waals surface area contributed by atoms with Crippen LogP contribution in [0.25, 0.3) is 0 Å². The number of halogens is 2. The largest absolute Gasteiger partial charge is 0.322 e. The number of hydrogen-bond donors (Lipinski definition) is 2. The van der Waals surface area contributed by atoms with E-state index in [4.69, 9.17) is 11.6 Å². The number of carbonyl (C=O) groups excluding carboxylic acids is 1. The molecule has 0 aromatic heterocycles. The van der Waals surface area contributed by atoms with Gasteiger partial charge in [-0.2, -0.15) is 0 Å². The van der Waals surface area contributed by atoms with Gasteiger partial charge in [0, 0.05) is 16.9 Å².